The lowest BCUT2D eigenvalue weighted by Gasteiger charge is -2.06. The van der Waals surface area contributed by atoms with E-state index in [0.717, 1.165) is 5.69 Å². The predicted molar refractivity (Wildman–Crippen MR) is 132 cm³/mol. The number of hydrogen-bond acceptors (Lipinski definition) is 4. The molecule has 4 rings (SSSR count). The number of carbonyl (C=O) groups is 2. The average Bonchev–Trinajstić information content (AvgIpc) is 3.28. The Bertz CT molecular complexity index is 1430. The highest BCUT2D eigenvalue weighted by Gasteiger charge is 2.15. The lowest BCUT2D eigenvalue weighted by Crippen LogP contribution is -2.13. The average molecular weight is 465 g/mol. The molecule has 0 aliphatic carbocycles. The highest BCUT2D eigenvalue weighted by molar-refractivity contribution is 6.10. The van der Waals surface area contributed by atoms with E-state index in [0.29, 0.717) is 28.2 Å². The highest BCUT2D eigenvalue weighted by atomic mass is 19.1. The lowest BCUT2D eigenvalue weighted by molar-refractivity contribution is -0.114. The molecule has 1 aromatic heterocycles. The number of nitrogens with zero attached hydrogens (tertiary/aromatic N) is 3. The van der Waals surface area contributed by atoms with Gasteiger partial charge in [0.05, 0.1) is 11.4 Å². The Morgan fingerprint density at radius 2 is 1.57 bits per heavy atom. The summed E-state index contributed by atoms with van der Waals surface area (Å²) in [7, 11) is 0. The number of carbonyl (C=O) groups excluding carboxylic acids is 2. The fraction of sp³-hybridized carbons (Fsp3) is 0.0370. The largest absolute Gasteiger partial charge is 0.326 e. The zero-order valence-electron chi connectivity index (χ0n) is 18.7. The summed E-state index contributed by atoms with van der Waals surface area (Å²) in [6, 6.07) is 23.7. The molecule has 0 fully saturated rings. The minimum atomic E-state index is -0.600. The van der Waals surface area contributed by atoms with Gasteiger partial charge in [0, 0.05) is 35.6 Å². The van der Waals surface area contributed by atoms with Crippen LogP contribution in [0.5, 0.6) is 0 Å². The third-order valence-corrected chi connectivity index (χ3v) is 5.01. The van der Waals surface area contributed by atoms with Crippen LogP contribution in [0.25, 0.3) is 23.0 Å². The Balaban J connectivity index is 1.66. The monoisotopic (exact) mass is 465 g/mol. The number of aromatic nitrogens is 2. The number of rotatable bonds is 6. The van der Waals surface area contributed by atoms with Crippen LogP contribution >= 0.6 is 0 Å². The minimum absolute atomic E-state index is 0.132. The minimum Gasteiger partial charge on any atom is -0.326 e. The van der Waals surface area contributed by atoms with E-state index in [1.165, 1.54) is 25.1 Å². The summed E-state index contributed by atoms with van der Waals surface area (Å²) in [6.07, 6.45) is 3.16. The number of amides is 2. The molecule has 1 heterocycles. The zero-order chi connectivity index (χ0) is 24.8. The second-order valence-electron chi connectivity index (χ2n) is 7.60. The van der Waals surface area contributed by atoms with Crippen LogP contribution < -0.4 is 10.6 Å². The van der Waals surface area contributed by atoms with Crippen molar-refractivity contribution in [3.63, 3.8) is 0 Å². The number of nitrogens with one attached hydrogen (secondary N) is 2. The third kappa shape index (κ3) is 5.67. The van der Waals surface area contributed by atoms with Gasteiger partial charge in [-0.1, -0.05) is 18.2 Å². The molecule has 0 aliphatic heterocycles. The molecule has 0 atom stereocenters. The molecule has 0 bridgehead atoms. The van der Waals surface area contributed by atoms with Gasteiger partial charge in [-0.2, -0.15) is 10.4 Å². The molecule has 0 saturated heterocycles. The summed E-state index contributed by atoms with van der Waals surface area (Å²) in [5.41, 5.74) is 3.36. The van der Waals surface area contributed by atoms with Crippen molar-refractivity contribution in [1.82, 2.24) is 9.78 Å². The van der Waals surface area contributed by atoms with Crippen molar-refractivity contribution in [2.45, 2.75) is 6.92 Å². The maximum Gasteiger partial charge on any atom is 0.266 e. The number of para-hydroxylation sites is 1. The maximum absolute atomic E-state index is 13.5. The van der Waals surface area contributed by atoms with E-state index in [9.17, 15) is 19.2 Å². The van der Waals surface area contributed by atoms with Crippen LogP contribution in [0.3, 0.4) is 0 Å². The first-order chi connectivity index (χ1) is 16.9. The molecule has 2 N–H and O–H groups in total. The Morgan fingerprint density at radius 3 is 2.17 bits per heavy atom. The van der Waals surface area contributed by atoms with E-state index in [2.05, 4.69) is 15.7 Å². The number of hydrogen-bond donors (Lipinski definition) is 2. The molecule has 0 spiro atoms. The van der Waals surface area contributed by atoms with Crippen LogP contribution in [-0.4, -0.2) is 21.6 Å². The third-order valence-electron chi connectivity index (χ3n) is 5.01. The van der Waals surface area contributed by atoms with Crippen molar-refractivity contribution >= 4 is 29.3 Å². The van der Waals surface area contributed by atoms with Crippen LogP contribution in [0.1, 0.15) is 12.5 Å². The Labute approximate surface area is 201 Å². The van der Waals surface area contributed by atoms with Crippen molar-refractivity contribution in [1.29, 1.82) is 5.26 Å². The summed E-state index contributed by atoms with van der Waals surface area (Å²) in [4.78, 5) is 24.0. The summed E-state index contributed by atoms with van der Waals surface area (Å²) in [6.45, 7) is 1.40. The second kappa shape index (κ2) is 10.3. The van der Waals surface area contributed by atoms with Gasteiger partial charge in [-0.15, -0.1) is 0 Å². The summed E-state index contributed by atoms with van der Waals surface area (Å²) in [5.74, 6) is -1.18. The van der Waals surface area contributed by atoms with E-state index < -0.39 is 5.91 Å². The van der Waals surface area contributed by atoms with Crippen LogP contribution in [0.2, 0.25) is 0 Å². The topological polar surface area (TPSA) is 99.8 Å². The van der Waals surface area contributed by atoms with Gasteiger partial charge in [-0.25, -0.2) is 9.07 Å². The van der Waals surface area contributed by atoms with Gasteiger partial charge >= 0.3 is 0 Å². The smallest absolute Gasteiger partial charge is 0.266 e. The van der Waals surface area contributed by atoms with Gasteiger partial charge in [0.15, 0.2) is 0 Å². The molecule has 4 aromatic rings. The maximum atomic E-state index is 13.5. The van der Waals surface area contributed by atoms with Gasteiger partial charge in [-0.3, -0.25) is 9.59 Å². The zero-order valence-corrected chi connectivity index (χ0v) is 18.7. The number of benzene rings is 3. The number of anilines is 2. The Morgan fingerprint density at radius 1 is 0.943 bits per heavy atom. The number of halogens is 1. The molecule has 35 heavy (non-hydrogen) atoms. The van der Waals surface area contributed by atoms with Crippen molar-refractivity contribution in [3.8, 4) is 23.0 Å². The molecule has 0 saturated carbocycles. The van der Waals surface area contributed by atoms with Crippen LogP contribution in [0.15, 0.2) is 90.6 Å². The molecule has 8 heteroatoms. The molecule has 0 unspecified atom stereocenters. The van der Waals surface area contributed by atoms with Crippen LogP contribution in [-0.2, 0) is 9.59 Å². The van der Waals surface area contributed by atoms with E-state index in [1.807, 2.05) is 36.4 Å². The first-order valence-electron chi connectivity index (χ1n) is 10.6. The van der Waals surface area contributed by atoms with Gasteiger partial charge in [0.25, 0.3) is 5.91 Å². The quantitative estimate of drug-likeness (QED) is 0.303. The molecular weight excluding hydrogens is 445 g/mol. The molecule has 3 aromatic carbocycles. The second-order valence-corrected chi connectivity index (χ2v) is 7.60. The van der Waals surface area contributed by atoms with Gasteiger partial charge in [-0.05, 0) is 66.7 Å². The fourth-order valence-electron chi connectivity index (χ4n) is 3.38. The number of nitriles is 1. The molecule has 172 valence electrons. The summed E-state index contributed by atoms with van der Waals surface area (Å²) in [5, 5.41) is 19.6. The fourth-order valence-corrected chi connectivity index (χ4v) is 3.38. The Hall–Kier alpha value is -5.03. The summed E-state index contributed by atoms with van der Waals surface area (Å²) < 4.78 is 15.1. The first kappa shape index (κ1) is 23.1. The molecule has 0 radical (unpaired) electrons. The SMILES string of the molecule is CC(=O)Nc1ccc(NC(=O)/C(C#N)=C/c2cn(-c3ccccc3)nc2-c2ccc(F)cc2)cc1. The van der Waals surface area contributed by atoms with Gasteiger partial charge in [0.2, 0.25) is 5.91 Å². The van der Waals surface area contributed by atoms with Crippen LogP contribution in [0.4, 0.5) is 15.8 Å². The van der Waals surface area contributed by atoms with E-state index >= 15 is 0 Å². The molecular formula is C27H20FN5O2. The van der Waals surface area contributed by atoms with Gasteiger partial charge in [0.1, 0.15) is 17.5 Å². The van der Waals surface area contributed by atoms with E-state index in [-0.39, 0.29) is 17.3 Å². The van der Waals surface area contributed by atoms with E-state index in [1.54, 1.807) is 47.3 Å². The van der Waals surface area contributed by atoms with Crippen molar-refractivity contribution in [2.75, 3.05) is 10.6 Å². The van der Waals surface area contributed by atoms with Gasteiger partial charge < -0.3 is 10.6 Å². The van der Waals surface area contributed by atoms with Crippen molar-refractivity contribution < 1.29 is 14.0 Å². The molecule has 2 amide bonds. The molecule has 7 nitrogen and oxygen atoms in total. The first-order valence-corrected chi connectivity index (χ1v) is 10.6. The normalized spacial score (nSPS) is 10.9. The van der Waals surface area contributed by atoms with E-state index in [4.69, 9.17) is 0 Å². The molecule has 0 aliphatic rings. The lowest BCUT2D eigenvalue weighted by atomic mass is 10.1. The summed E-state index contributed by atoms with van der Waals surface area (Å²) >= 11 is 0. The standard InChI is InChI=1S/C27H20FN5O2/c1-18(34)30-23-11-13-24(14-12-23)31-27(35)20(16-29)15-21-17-33(25-5-3-2-4-6-25)32-26(21)19-7-9-22(28)10-8-19/h2-15,17H,1H3,(H,30,34)(H,31,35)/b20-15+. The van der Waals surface area contributed by atoms with Crippen molar-refractivity contribution in [2.24, 2.45) is 0 Å². The van der Waals surface area contributed by atoms with Crippen LogP contribution in [0, 0.1) is 17.1 Å². The van der Waals surface area contributed by atoms with Crippen molar-refractivity contribution in [3.05, 3.63) is 102 Å². The predicted octanol–water partition coefficient (Wildman–Crippen LogP) is 5.18. The Kier molecular flexibility index (Phi) is 6.79. The highest BCUT2D eigenvalue weighted by Crippen LogP contribution is 2.26.